The Kier molecular flexibility index (Phi) is 3.74. The van der Waals surface area contributed by atoms with Crippen molar-refractivity contribution in [3.05, 3.63) is 65.3 Å². The van der Waals surface area contributed by atoms with Gasteiger partial charge in [-0.2, -0.15) is 0 Å². The number of rotatable bonds is 2. The summed E-state index contributed by atoms with van der Waals surface area (Å²) in [7, 11) is 0. The minimum absolute atomic E-state index is 0.0815. The van der Waals surface area contributed by atoms with Crippen LogP contribution >= 0.6 is 11.6 Å². The molecule has 0 bridgehead atoms. The van der Waals surface area contributed by atoms with E-state index in [2.05, 4.69) is 4.98 Å². The molecule has 0 fully saturated rings. The normalized spacial score (nSPS) is 11.2. The monoisotopic (exact) mass is 364 g/mol. The summed E-state index contributed by atoms with van der Waals surface area (Å²) in [5.74, 6) is -0.0815. The van der Waals surface area contributed by atoms with Gasteiger partial charge in [0.2, 0.25) is 0 Å². The molecule has 128 valence electrons. The summed E-state index contributed by atoms with van der Waals surface area (Å²) in [4.78, 5) is 27.9. The number of carboxylic acid groups (broad SMARTS) is 1. The number of para-hydroxylation sites is 1. The second-order valence-electron chi connectivity index (χ2n) is 6.00. The number of aromatic nitrogens is 2. The molecular formula is C20H13ClN2O3. The van der Waals surface area contributed by atoms with E-state index in [1.54, 1.807) is 24.3 Å². The number of ketones is 1. The molecule has 26 heavy (non-hydrogen) atoms. The topological polar surface area (TPSA) is 72.2 Å². The third kappa shape index (κ3) is 2.53. The van der Waals surface area contributed by atoms with Gasteiger partial charge in [0.25, 0.3) is 0 Å². The van der Waals surface area contributed by atoms with E-state index in [9.17, 15) is 14.7 Å². The molecule has 2 aromatic heterocycles. The first kappa shape index (κ1) is 16.3. The summed E-state index contributed by atoms with van der Waals surface area (Å²) in [6.45, 7) is 1.47. The Hall–Kier alpha value is -3.18. The van der Waals surface area contributed by atoms with Crippen molar-refractivity contribution in [3.63, 3.8) is 0 Å². The van der Waals surface area contributed by atoms with E-state index in [1.807, 2.05) is 30.3 Å². The SMILES string of the molecule is CC(=O)c1ccc2c(c1)cc(-c1cc3ccccc3nc1Cl)n2C(=O)O. The van der Waals surface area contributed by atoms with Crippen LogP contribution in [0.1, 0.15) is 17.3 Å². The molecule has 0 aliphatic rings. The van der Waals surface area contributed by atoms with Gasteiger partial charge in [-0.1, -0.05) is 29.8 Å². The Morgan fingerprint density at radius 3 is 2.54 bits per heavy atom. The van der Waals surface area contributed by atoms with Crippen molar-refractivity contribution < 1.29 is 14.7 Å². The first-order valence-corrected chi connectivity index (χ1v) is 8.29. The molecule has 4 rings (SSSR count). The van der Waals surface area contributed by atoms with E-state index in [4.69, 9.17) is 11.6 Å². The van der Waals surface area contributed by atoms with Gasteiger partial charge >= 0.3 is 6.09 Å². The summed E-state index contributed by atoms with van der Waals surface area (Å²) in [5.41, 5.74) is 2.68. The number of nitrogens with zero attached hydrogens (tertiary/aromatic N) is 2. The molecule has 2 heterocycles. The molecule has 0 atom stereocenters. The number of fused-ring (bicyclic) bond motifs is 2. The first-order valence-electron chi connectivity index (χ1n) is 7.91. The largest absolute Gasteiger partial charge is 0.464 e. The van der Waals surface area contributed by atoms with E-state index in [0.29, 0.717) is 27.7 Å². The number of Topliss-reactive ketones (excluding diaryl/α,β-unsaturated/α-hetero) is 1. The third-order valence-electron chi connectivity index (χ3n) is 4.35. The highest BCUT2D eigenvalue weighted by molar-refractivity contribution is 6.32. The van der Waals surface area contributed by atoms with Crippen LogP contribution in [0.2, 0.25) is 5.15 Å². The van der Waals surface area contributed by atoms with Crippen LogP contribution in [0.3, 0.4) is 0 Å². The zero-order valence-corrected chi connectivity index (χ0v) is 14.5. The van der Waals surface area contributed by atoms with E-state index in [1.165, 1.54) is 6.92 Å². The zero-order chi connectivity index (χ0) is 18.4. The predicted octanol–water partition coefficient (Wildman–Crippen LogP) is 5.24. The van der Waals surface area contributed by atoms with E-state index in [-0.39, 0.29) is 10.9 Å². The molecule has 0 unspecified atom stereocenters. The lowest BCUT2D eigenvalue weighted by atomic mass is 10.1. The molecular weight excluding hydrogens is 352 g/mol. The van der Waals surface area contributed by atoms with Crippen molar-refractivity contribution in [1.29, 1.82) is 0 Å². The number of benzene rings is 2. The predicted molar refractivity (Wildman–Crippen MR) is 101 cm³/mol. The molecule has 0 amide bonds. The Labute approximate surface area is 153 Å². The number of hydrogen-bond donors (Lipinski definition) is 1. The first-order chi connectivity index (χ1) is 12.5. The summed E-state index contributed by atoms with van der Waals surface area (Å²) >= 11 is 6.35. The van der Waals surface area contributed by atoms with Gasteiger partial charge in [-0.15, -0.1) is 0 Å². The quantitative estimate of drug-likeness (QED) is 0.390. The highest BCUT2D eigenvalue weighted by Crippen LogP contribution is 2.34. The molecule has 2 aromatic carbocycles. The Bertz CT molecular complexity index is 1210. The van der Waals surface area contributed by atoms with E-state index < -0.39 is 6.09 Å². The molecule has 6 heteroatoms. The molecule has 1 N–H and O–H groups in total. The zero-order valence-electron chi connectivity index (χ0n) is 13.7. The van der Waals surface area contributed by atoms with Gasteiger partial charge in [-0.05, 0) is 43.3 Å². The summed E-state index contributed by atoms with van der Waals surface area (Å²) in [6, 6.07) is 16.0. The van der Waals surface area contributed by atoms with Crippen molar-refractivity contribution in [1.82, 2.24) is 9.55 Å². The fraction of sp³-hybridized carbons (Fsp3) is 0.0500. The van der Waals surface area contributed by atoms with Crippen LogP contribution in [0.4, 0.5) is 4.79 Å². The maximum absolute atomic E-state index is 11.9. The summed E-state index contributed by atoms with van der Waals surface area (Å²) < 4.78 is 1.16. The van der Waals surface area contributed by atoms with Gasteiger partial charge in [-0.25, -0.2) is 14.3 Å². The van der Waals surface area contributed by atoms with Crippen LogP contribution < -0.4 is 0 Å². The van der Waals surface area contributed by atoms with Crippen molar-refractivity contribution in [2.45, 2.75) is 6.92 Å². The van der Waals surface area contributed by atoms with Gasteiger partial charge in [0, 0.05) is 21.9 Å². The van der Waals surface area contributed by atoms with E-state index >= 15 is 0 Å². The van der Waals surface area contributed by atoms with Gasteiger partial charge in [0.05, 0.1) is 16.7 Å². The van der Waals surface area contributed by atoms with Crippen LogP contribution in [0.25, 0.3) is 33.1 Å². The number of pyridine rings is 1. The molecule has 0 saturated carbocycles. The Morgan fingerprint density at radius 2 is 1.81 bits per heavy atom. The number of carbonyl (C=O) groups is 2. The average Bonchev–Trinajstić information content (AvgIpc) is 2.99. The fourth-order valence-corrected chi connectivity index (χ4v) is 3.35. The van der Waals surface area contributed by atoms with Crippen LogP contribution in [-0.4, -0.2) is 26.5 Å². The van der Waals surface area contributed by atoms with E-state index in [0.717, 1.165) is 15.5 Å². The van der Waals surface area contributed by atoms with Crippen LogP contribution in [0, 0.1) is 0 Å². The number of carbonyl (C=O) groups excluding carboxylic acids is 1. The average molecular weight is 365 g/mol. The van der Waals surface area contributed by atoms with Crippen molar-refractivity contribution in [2.24, 2.45) is 0 Å². The van der Waals surface area contributed by atoms with Crippen molar-refractivity contribution in [3.8, 4) is 11.3 Å². The second-order valence-corrected chi connectivity index (χ2v) is 6.35. The van der Waals surface area contributed by atoms with Crippen LogP contribution in [-0.2, 0) is 0 Å². The molecule has 0 aliphatic heterocycles. The number of halogens is 1. The molecule has 0 saturated heterocycles. The highest BCUT2D eigenvalue weighted by atomic mass is 35.5. The van der Waals surface area contributed by atoms with Crippen LogP contribution in [0.5, 0.6) is 0 Å². The fourth-order valence-electron chi connectivity index (χ4n) is 3.11. The standard InChI is InChI=1S/C20H13ClN2O3/c1-11(24)12-6-7-17-14(8-12)10-18(23(17)20(25)26)15-9-13-4-2-3-5-16(13)22-19(15)21/h2-10H,1H3,(H,25,26). The van der Waals surface area contributed by atoms with Gasteiger partial charge in [0.15, 0.2) is 5.78 Å². The van der Waals surface area contributed by atoms with Gasteiger partial charge in [-0.3, -0.25) is 4.79 Å². The Balaban J connectivity index is 2.04. The van der Waals surface area contributed by atoms with Gasteiger partial charge in [0.1, 0.15) is 5.15 Å². The summed E-state index contributed by atoms with van der Waals surface area (Å²) in [5, 5.41) is 11.5. The van der Waals surface area contributed by atoms with Crippen molar-refractivity contribution >= 4 is 45.3 Å². The maximum atomic E-state index is 11.9. The molecule has 5 nitrogen and oxygen atoms in total. The molecule has 0 aliphatic carbocycles. The highest BCUT2D eigenvalue weighted by Gasteiger charge is 2.19. The molecule has 4 aromatic rings. The lowest BCUT2D eigenvalue weighted by Gasteiger charge is -2.08. The minimum atomic E-state index is -1.13. The smallest absolute Gasteiger partial charge is 0.416 e. The maximum Gasteiger partial charge on any atom is 0.416 e. The Morgan fingerprint density at radius 1 is 1.04 bits per heavy atom. The summed E-state index contributed by atoms with van der Waals surface area (Å²) in [6.07, 6.45) is -1.13. The molecule has 0 radical (unpaired) electrons. The molecule has 0 spiro atoms. The lowest BCUT2D eigenvalue weighted by molar-refractivity contribution is 0.101. The third-order valence-corrected chi connectivity index (χ3v) is 4.64. The second kappa shape index (κ2) is 5.97. The number of hydrogen-bond acceptors (Lipinski definition) is 3. The lowest BCUT2D eigenvalue weighted by Crippen LogP contribution is -2.09. The van der Waals surface area contributed by atoms with Crippen molar-refractivity contribution in [2.75, 3.05) is 0 Å². The van der Waals surface area contributed by atoms with Crippen LogP contribution in [0.15, 0.2) is 54.6 Å². The minimum Gasteiger partial charge on any atom is -0.464 e. The van der Waals surface area contributed by atoms with Gasteiger partial charge < -0.3 is 5.11 Å².